The normalized spacial score (nSPS) is 19.4. The number of rotatable bonds is 2. The predicted octanol–water partition coefficient (Wildman–Crippen LogP) is 4.51. The first kappa shape index (κ1) is 20.5. The summed E-state index contributed by atoms with van der Waals surface area (Å²) in [6, 6.07) is 16.5. The minimum atomic E-state index is 0. The lowest BCUT2D eigenvalue weighted by Crippen LogP contribution is -2.30. The molecule has 1 fully saturated rings. The zero-order chi connectivity index (χ0) is 16.5. The number of ether oxygens (including phenoxy) is 1. The van der Waals surface area contributed by atoms with Gasteiger partial charge >= 0.3 is 0 Å². The molecule has 4 nitrogen and oxygen atoms in total. The van der Waals surface area contributed by atoms with E-state index < -0.39 is 0 Å². The Bertz CT molecular complexity index is 871. The quantitative estimate of drug-likeness (QED) is 0.630. The van der Waals surface area contributed by atoms with E-state index in [1.54, 1.807) is 0 Å². The molecule has 1 aromatic heterocycles. The van der Waals surface area contributed by atoms with Gasteiger partial charge in [0.25, 0.3) is 0 Å². The number of anilines is 1. The summed E-state index contributed by atoms with van der Waals surface area (Å²) in [6.07, 6.45) is 3.67. The molecule has 1 aliphatic rings. The molecule has 138 valence electrons. The van der Waals surface area contributed by atoms with Crippen molar-refractivity contribution in [3.05, 3.63) is 60.4 Å². The second-order valence-corrected chi connectivity index (χ2v) is 6.36. The molecule has 0 radical (unpaired) electrons. The third-order valence-electron chi connectivity index (χ3n) is 4.71. The standard InChI is InChI=1S/C20H21N3O.2ClH/c21-14-9-10-24-20(11-14)19-8-5-13(12-23-19)15-6-7-18(22)17-4-2-1-3-16(15)17;;/h1-8,12,14,20H,9-11,21-22H2;2*1H. The van der Waals surface area contributed by atoms with Crippen LogP contribution in [0.5, 0.6) is 0 Å². The largest absolute Gasteiger partial charge is 0.398 e. The Morgan fingerprint density at radius 2 is 1.73 bits per heavy atom. The first-order valence-corrected chi connectivity index (χ1v) is 8.33. The summed E-state index contributed by atoms with van der Waals surface area (Å²) >= 11 is 0. The molecule has 4 rings (SSSR count). The van der Waals surface area contributed by atoms with Gasteiger partial charge in [-0.05, 0) is 35.9 Å². The Balaban J connectivity index is 0.00000121. The summed E-state index contributed by atoms with van der Waals surface area (Å²) in [5, 5.41) is 2.21. The van der Waals surface area contributed by atoms with Crippen LogP contribution in [-0.4, -0.2) is 17.6 Å². The molecule has 1 saturated heterocycles. The third kappa shape index (κ3) is 3.94. The number of hydrogen-bond acceptors (Lipinski definition) is 4. The van der Waals surface area contributed by atoms with Crippen LogP contribution in [0.2, 0.25) is 0 Å². The van der Waals surface area contributed by atoms with Gasteiger partial charge in [-0.2, -0.15) is 0 Å². The molecule has 0 aliphatic carbocycles. The Morgan fingerprint density at radius 3 is 2.42 bits per heavy atom. The first-order valence-electron chi connectivity index (χ1n) is 8.33. The van der Waals surface area contributed by atoms with Crippen LogP contribution in [0, 0.1) is 0 Å². The number of halogens is 2. The molecule has 1 aliphatic heterocycles. The van der Waals surface area contributed by atoms with E-state index in [1.807, 2.05) is 36.5 Å². The molecule has 0 amide bonds. The number of aromatic nitrogens is 1. The van der Waals surface area contributed by atoms with Crippen LogP contribution in [0.15, 0.2) is 54.7 Å². The second kappa shape index (κ2) is 8.69. The van der Waals surface area contributed by atoms with E-state index >= 15 is 0 Å². The molecule has 2 aromatic carbocycles. The summed E-state index contributed by atoms with van der Waals surface area (Å²) < 4.78 is 5.81. The topological polar surface area (TPSA) is 74.2 Å². The van der Waals surface area contributed by atoms with Gasteiger partial charge in [-0.15, -0.1) is 24.8 Å². The summed E-state index contributed by atoms with van der Waals surface area (Å²) in [5.41, 5.74) is 16.1. The molecule has 6 heteroatoms. The van der Waals surface area contributed by atoms with Crippen molar-refractivity contribution in [2.24, 2.45) is 5.73 Å². The number of hydrogen-bond donors (Lipinski definition) is 2. The van der Waals surface area contributed by atoms with Gasteiger partial charge in [0.15, 0.2) is 0 Å². The van der Waals surface area contributed by atoms with Crippen molar-refractivity contribution in [2.45, 2.75) is 25.0 Å². The highest BCUT2D eigenvalue weighted by Crippen LogP contribution is 2.33. The van der Waals surface area contributed by atoms with Crippen molar-refractivity contribution < 1.29 is 4.74 Å². The first-order chi connectivity index (χ1) is 11.7. The van der Waals surface area contributed by atoms with Crippen LogP contribution < -0.4 is 11.5 Å². The molecular formula is C20H23Cl2N3O. The number of pyridine rings is 1. The van der Waals surface area contributed by atoms with Crippen molar-refractivity contribution in [3.63, 3.8) is 0 Å². The lowest BCUT2D eigenvalue weighted by molar-refractivity contribution is 0.00414. The number of nitrogens with zero attached hydrogens (tertiary/aromatic N) is 1. The van der Waals surface area contributed by atoms with Crippen LogP contribution in [-0.2, 0) is 4.74 Å². The van der Waals surface area contributed by atoms with Crippen molar-refractivity contribution in [2.75, 3.05) is 12.3 Å². The van der Waals surface area contributed by atoms with E-state index in [-0.39, 0.29) is 37.0 Å². The van der Waals surface area contributed by atoms with Crippen molar-refractivity contribution >= 4 is 41.3 Å². The lowest BCUT2D eigenvalue weighted by atomic mass is 9.97. The maximum Gasteiger partial charge on any atom is 0.101 e. The summed E-state index contributed by atoms with van der Waals surface area (Å²) in [7, 11) is 0. The third-order valence-corrected chi connectivity index (χ3v) is 4.71. The van der Waals surface area contributed by atoms with Gasteiger partial charge in [0.1, 0.15) is 6.10 Å². The molecule has 0 saturated carbocycles. The molecule has 0 spiro atoms. The lowest BCUT2D eigenvalue weighted by Gasteiger charge is -2.26. The fourth-order valence-electron chi connectivity index (χ4n) is 3.36. The van der Waals surface area contributed by atoms with Gasteiger partial charge in [-0.25, -0.2) is 0 Å². The summed E-state index contributed by atoms with van der Waals surface area (Å²) in [4.78, 5) is 4.63. The van der Waals surface area contributed by atoms with Crippen molar-refractivity contribution in [1.29, 1.82) is 0 Å². The Morgan fingerprint density at radius 1 is 0.962 bits per heavy atom. The minimum absolute atomic E-state index is 0. The van der Waals surface area contributed by atoms with Gasteiger partial charge in [-0.1, -0.05) is 36.4 Å². The molecule has 3 aromatic rings. The molecule has 0 bridgehead atoms. The molecule has 2 atom stereocenters. The molecule has 2 unspecified atom stereocenters. The monoisotopic (exact) mass is 391 g/mol. The van der Waals surface area contributed by atoms with Gasteiger partial charge in [-0.3, -0.25) is 4.98 Å². The fourth-order valence-corrected chi connectivity index (χ4v) is 3.36. The Hall–Kier alpha value is -1.85. The predicted molar refractivity (Wildman–Crippen MR) is 112 cm³/mol. The second-order valence-electron chi connectivity index (χ2n) is 6.36. The minimum Gasteiger partial charge on any atom is -0.398 e. The maximum atomic E-state index is 6.09. The average molecular weight is 392 g/mol. The number of nitrogens with two attached hydrogens (primary N) is 2. The van der Waals surface area contributed by atoms with Crippen molar-refractivity contribution in [3.8, 4) is 11.1 Å². The highest BCUT2D eigenvalue weighted by molar-refractivity contribution is 6.02. The zero-order valence-electron chi connectivity index (χ0n) is 14.3. The smallest absolute Gasteiger partial charge is 0.101 e. The van der Waals surface area contributed by atoms with E-state index in [4.69, 9.17) is 16.2 Å². The zero-order valence-corrected chi connectivity index (χ0v) is 15.9. The molecule has 26 heavy (non-hydrogen) atoms. The van der Waals surface area contributed by atoms with Crippen LogP contribution in [0.4, 0.5) is 5.69 Å². The van der Waals surface area contributed by atoms with Crippen LogP contribution in [0.25, 0.3) is 21.9 Å². The Kier molecular flexibility index (Phi) is 6.84. The van der Waals surface area contributed by atoms with E-state index in [1.165, 1.54) is 0 Å². The molecular weight excluding hydrogens is 369 g/mol. The fraction of sp³-hybridized carbons (Fsp3) is 0.250. The SMILES string of the molecule is Cl.Cl.Nc1ccc(-c2ccc(C3CC(N)CCO3)nc2)c2ccccc12. The summed E-state index contributed by atoms with van der Waals surface area (Å²) in [6.45, 7) is 0.706. The molecule has 2 heterocycles. The van der Waals surface area contributed by atoms with Gasteiger partial charge in [0.05, 0.1) is 5.69 Å². The van der Waals surface area contributed by atoms with Gasteiger partial charge in [0.2, 0.25) is 0 Å². The summed E-state index contributed by atoms with van der Waals surface area (Å²) in [5.74, 6) is 0. The highest BCUT2D eigenvalue weighted by atomic mass is 35.5. The van der Waals surface area contributed by atoms with E-state index in [0.29, 0.717) is 6.61 Å². The number of benzene rings is 2. The maximum absolute atomic E-state index is 6.09. The van der Waals surface area contributed by atoms with Crippen LogP contribution in [0.1, 0.15) is 24.6 Å². The average Bonchev–Trinajstić information content (AvgIpc) is 2.63. The van der Waals surface area contributed by atoms with E-state index in [9.17, 15) is 0 Å². The van der Waals surface area contributed by atoms with Crippen LogP contribution in [0.3, 0.4) is 0 Å². The van der Waals surface area contributed by atoms with E-state index in [0.717, 1.165) is 46.1 Å². The van der Waals surface area contributed by atoms with Crippen molar-refractivity contribution in [1.82, 2.24) is 4.98 Å². The molecule has 4 N–H and O–H groups in total. The van der Waals surface area contributed by atoms with E-state index in [2.05, 4.69) is 23.2 Å². The van der Waals surface area contributed by atoms with Gasteiger partial charge < -0.3 is 16.2 Å². The van der Waals surface area contributed by atoms with Gasteiger partial charge in [0, 0.05) is 35.5 Å². The Labute approximate surface area is 165 Å². The van der Waals surface area contributed by atoms with Crippen LogP contribution >= 0.6 is 24.8 Å². The highest BCUT2D eigenvalue weighted by Gasteiger charge is 2.22. The number of nitrogen functional groups attached to an aromatic ring is 1. The number of fused-ring (bicyclic) bond motifs is 1.